The number of nitrogens with zero attached hydrogens (tertiary/aromatic N) is 2. The summed E-state index contributed by atoms with van der Waals surface area (Å²) in [6, 6.07) is 7.94. The van der Waals surface area contributed by atoms with Crippen molar-refractivity contribution in [1.29, 1.82) is 0 Å². The fourth-order valence-electron chi connectivity index (χ4n) is 1.70. The van der Waals surface area contributed by atoms with Gasteiger partial charge >= 0.3 is 0 Å². The van der Waals surface area contributed by atoms with Crippen LogP contribution in [0.5, 0.6) is 0 Å². The highest BCUT2D eigenvalue weighted by Gasteiger charge is 1.94. The third-order valence-corrected chi connectivity index (χ3v) is 2.80. The molecule has 1 aliphatic carbocycles. The van der Waals surface area contributed by atoms with Crippen molar-refractivity contribution in [3.05, 3.63) is 71.9 Å². The molecule has 1 aliphatic rings. The molecule has 0 saturated heterocycles. The maximum Gasteiger partial charge on any atom is 0.0622 e. The van der Waals surface area contributed by atoms with Crippen molar-refractivity contribution in [3.63, 3.8) is 0 Å². The number of hydrogen-bond donors (Lipinski definition) is 0. The van der Waals surface area contributed by atoms with Gasteiger partial charge in [-0.05, 0) is 42.1 Å². The Morgan fingerprint density at radius 3 is 2.26 bits per heavy atom. The number of allylic oxidation sites excluding steroid dienone is 7. The molecule has 0 spiro atoms. The SMILES string of the molecule is C=Nc1ccc(/C=C/C=C2C=CC(=NC)C=C2)cc1. The summed E-state index contributed by atoms with van der Waals surface area (Å²) in [5, 5.41) is 0. The molecular formula is C17H16N2. The predicted molar refractivity (Wildman–Crippen MR) is 84.4 cm³/mol. The molecule has 0 heterocycles. The topological polar surface area (TPSA) is 24.7 Å². The predicted octanol–water partition coefficient (Wildman–Crippen LogP) is 4.16. The first kappa shape index (κ1) is 13.0. The van der Waals surface area contributed by atoms with Crippen molar-refractivity contribution in [1.82, 2.24) is 0 Å². The molecule has 0 fully saturated rings. The van der Waals surface area contributed by atoms with Gasteiger partial charge in [-0.2, -0.15) is 0 Å². The van der Waals surface area contributed by atoms with Gasteiger partial charge < -0.3 is 0 Å². The third kappa shape index (κ3) is 3.75. The second-order valence-corrected chi connectivity index (χ2v) is 4.09. The van der Waals surface area contributed by atoms with E-state index in [2.05, 4.69) is 41.0 Å². The van der Waals surface area contributed by atoms with Crippen molar-refractivity contribution in [2.45, 2.75) is 0 Å². The molecule has 1 aromatic rings. The molecule has 2 rings (SSSR count). The Morgan fingerprint density at radius 2 is 1.68 bits per heavy atom. The summed E-state index contributed by atoms with van der Waals surface area (Å²) in [5.41, 5.74) is 4.19. The lowest BCUT2D eigenvalue weighted by Crippen LogP contribution is -1.92. The molecule has 2 nitrogen and oxygen atoms in total. The van der Waals surface area contributed by atoms with Crippen LogP contribution in [-0.2, 0) is 0 Å². The van der Waals surface area contributed by atoms with Gasteiger partial charge in [0, 0.05) is 7.05 Å². The molecule has 94 valence electrons. The van der Waals surface area contributed by atoms with Gasteiger partial charge in [-0.1, -0.05) is 42.5 Å². The van der Waals surface area contributed by atoms with Crippen molar-refractivity contribution < 1.29 is 0 Å². The van der Waals surface area contributed by atoms with Gasteiger partial charge in [0.05, 0.1) is 11.4 Å². The molecule has 0 unspecified atom stereocenters. The average molecular weight is 248 g/mol. The number of rotatable bonds is 3. The number of benzene rings is 1. The highest BCUT2D eigenvalue weighted by Crippen LogP contribution is 2.13. The van der Waals surface area contributed by atoms with Crippen LogP contribution in [0, 0.1) is 0 Å². The largest absolute Gasteiger partial charge is 0.289 e. The van der Waals surface area contributed by atoms with Crippen LogP contribution in [0.3, 0.4) is 0 Å². The van der Waals surface area contributed by atoms with Crippen LogP contribution >= 0.6 is 0 Å². The zero-order valence-corrected chi connectivity index (χ0v) is 11.0. The van der Waals surface area contributed by atoms with Gasteiger partial charge in [0.25, 0.3) is 0 Å². The molecule has 0 bridgehead atoms. The van der Waals surface area contributed by atoms with Crippen LogP contribution in [0.4, 0.5) is 5.69 Å². The van der Waals surface area contributed by atoms with E-state index in [-0.39, 0.29) is 0 Å². The smallest absolute Gasteiger partial charge is 0.0622 e. The van der Waals surface area contributed by atoms with Gasteiger partial charge in [0.15, 0.2) is 0 Å². The van der Waals surface area contributed by atoms with Crippen LogP contribution in [0.25, 0.3) is 6.08 Å². The Kier molecular flexibility index (Phi) is 4.40. The van der Waals surface area contributed by atoms with Gasteiger partial charge in [0.2, 0.25) is 0 Å². The van der Waals surface area contributed by atoms with Crippen LogP contribution < -0.4 is 0 Å². The maximum atomic E-state index is 4.11. The Hall–Kier alpha value is -2.48. The minimum Gasteiger partial charge on any atom is -0.289 e. The second kappa shape index (κ2) is 6.45. The summed E-state index contributed by atoms with van der Waals surface area (Å²) in [4.78, 5) is 7.97. The van der Waals surface area contributed by atoms with E-state index < -0.39 is 0 Å². The minimum atomic E-state index is 0.889. The fraction of sp³-hybridized carbons (Fsp3) is 0.0588. The molecule has 19 heavy (non-hydrogen) atoms. The number of aliphatic imine (C=N–C) groups is 2. The molecule has 0 saturated carbocycles. The maximum absolute atomic E-state index is 4.11. The quantitative estimate of drug-likeness (QED) is 0.718. The molecule has 0 amide bonds. The molecule has 0 aromatic heterocycles. The standard InChI is InChI=1S/C17H16N2/c1-18-16-10-6-14(7-11-16)4-3-5-15-8-12-17(19-2)13-9-15/h3-13H,1H2,2H3/b4-3+,15-5?,19-17?. The van der Waals surface area contributed by atoms with E-state index in [9.17, 15) is 0 Å². The minimum absolute atomic E-state index is 0.889. The third-order valence-electron chi connectivity index (χ3n) is 2.80. The van der Waals surface area contributed by atoms with E-state index in [0.717, 1.165) is 22.5 Å². The Morgan fingerprint density at radius 1 is 1.00 bits per heavy atom. The lowest BCUT2D eigenvalue weighted by atomic mass is 10.1. The average Bonchev–Trinajstić information content (AvgIpc) is 2.49. The van der Waals surface area contributed by atoms with Gasteiger partial charge in [-0.15, -0.1) is 0 Å². The zero-order chi connectivity index (χ0) is 13.5. The van der Waals surface area contributed by atoms with Crippen molar-refractivity contribution in [2.24, 2.45) is 9.98 Å². The van der Waals surface area contributed by atoms with Gasteiger partial charge in [-0.3, -0.25) is 9.98 Å². The summed E-state index contributed by atoms with van der Waals surface area (Å²) in [6.07, 6.45) is 14.3. The van der Waals surface area contributed by atoms with E-state index in [1.54, 1.807) is 7.05 Å². The zero-order valence-electron chi connectivity index (χ0n) is 11.0. The molecule has 0 atom stereocenters. The highest BCUT2D eigenvalue weighted by atomic mass is 14.7. The molecule has 1 aromatic carbocycles. The first-order chi connectivity index (χ1) is 9.31. The Bertz CT molecular complexity index is 579. The summed E-state index contributed by atoms with van der Waals surface area (Å²) < 4.78 is 0. The van der Waals surface area contributed by atoms with Gasteiger partial charge in [0.1, 0.15) is 0 Å². The van der Waals surface area contributed by atoms with Gasteiger partial charge in [-0.25, -0.2) is 0 Å². The first-order valence-corrected chi connectivity index (χ1v) is 6.10. The van der Waals surface area contributed by atoms with E-state index >= 15 is 0 Å². The van der Waals surface area contributed by atoms with Crippen LogP contribution in [0.2, 0.25) is 0 Å². The Labute approximate surface area is 113 Å². The molecule has 0 N–H and O–H groups in total. The van der Waals surface area contributed by atoms with E-state index in [4.69, 9.17) is 0 Å². The van der Waals surface area contributed by atoms with Crippen LogP contribution in [0.1, 0.15) is 5.56 Å². The summed E-state index contributed by atoms with van der Waals surface area (Å²) >= 11 is 0. The van der Waals surface area contributed by atoms with E-state index in [1.165, 1.54) is 0 Å². The highest BCUT2D eigenvalue weighted by molar-refractivity contribution is 6.05. The molecule has 0 aliphatic heterocycles. The van der Waals surface area contributed by atoms with Crippen molar-refractivity contribution >= 4 is 24.2 Å². The molecule has 2 heteroatoms. The molecular weight excluding hydrogens is 232 g/mol. The van der Waals surface area contributed by atoms with Crippen LogP contribution in [0.15, 0.2) is 76.3 Å². The molecule has 0 radical (unpaired) electrons. The van der Waals surface area contributed by atoms with E-state index in [1.807, 2.05) is 42.5 Å². The van der Waals surface area contributed by atoms with E-state index in [0.29, 0.717) is 0 Å². The monoisotopic (exact) mass is 248 g/mol. The lowest BCUT2D eigenvalue weighted by Gasteiger charge is -2.00. The second-order valence-electron chi connectivity index (χ2n) is 4.09. The van der Waals surface area contributed by atoms with Crippen molar-refractivity contribution in [3.8, 4) is 0 Å². The first-order valence-electron chi connectivity index (χ1n) is 6.10. The fourth-order valence-corrected chi connectivity index (χ4v) is 1.70. The lowest BCUT2D eigenvalue weighted by molar-refractivity contribution is 1.44. The Balaban J connectivity index is 2.03. The summed E-state index contributed by atoms with van der Waals surface area (Å²) in [6.45, 7) is 3.49. The summed E-state index contributed by atoms with van der Waals surface area (Å²) in [7, 11) is 1.79. The number of hydrogen-bond acceptors (Lipinski definition) is 2. The van der Waals surface area contributed by atoms with Crippen molar-refractivity contribution in [2.75, 3.05) is 7.05 Å². The van der Waals surface area contributed by atoms with Crippen LogP contribution in [-0.4, -0.2) is 19.5 Å². The summed E-state index contributed by atoms with van der Waals surface area (Å²) in [5.74, 6) is 0. The normalized spacial score (nSPS) is 13.9.